The summed E-state index contributed by atoms with van der Waals surface area (Å²) >= 11 is 0. The fraction of sp³-hybridized carbons (Fsp3) is 0.522. The second-order valence-electron chi connectivity index (χ2n) is 8.51. The Morgan fingerprint density at radius 2 is 1.97 bits per heavy atom. The molecule has 1 unspecified atom stereocenters. The molecule has 1 saturated heterocycles. The smallest absolute Gasteiger partial charge is 0.222 e. The van der Waals surface area contributed by atoms with E-state index >= 15 is 0 Å². The molecule has 1 aliphatic rings. The van der Waals surface area contributed by atoms with Gasteiger partial charge in [0.05, 0.1) is 26.0 Å². The summed E-state index contributed by atoms with van der Waals surface area (Å²) in [4.78, 5) is 11.2. The molecule has 4 rings (SSSR count). The van der Waals surface area contributed by atoms with Gasteiger partial charge in [-0.2, -0.15) is 10.1 Å². The first-order chi connectivity index (χ1) is 15.6. The van der Waals surface area contributed by atoms with Crippen molar-refractivity contribution in [2.45, 2.75) is 58.3 Å². The summed E-state index contributed by atoms with van der Waals surface area (Å²) in [6.45, 7) is 5.96. The molecule has 0 saturated carbocycles. The van der Waals surface area contributed by atoms with Gasteiger partial charge in [-0.05, 0) is 44.0 Å². The van der Waals surface area contributed by atoms with Crippen molar-refractivity contribution in [2.75, 3.05) is 31.2 Å². The quantitative estimate of drug-likeness (QED) is 0.436. The molecule has 1 aromatic carbocycles. The Balaban J connectivity index is 1.54. The van der Waals surface area contributed by atoms with Crippen molar-refractivity contribution >= 4 is 22.8 Å². The van der Waals surface area contributed by atoms with Crippen molar-refractivity contribution in [2.24, 2.45) is 5.73 Å². The van der Waals surface area contributed by atoms with Crippen LogP contribution in [0, 0.1) is 0 Å². The molecule has 3 heterocycles. The van der Waals surface area contributed by atoms with Crippen LogP contribution in [-0.2, 0) is 13.1 Å². The molecule has 32 heavy (non-hydrogen) atoms. The number of rotatable bonds is 9. The number of likely N-dealkylation sites (tertiary alicyclic amines) is 1. The molecule has 172 valence electrons. The van der Waals surface area contributed by atoms with Crippen molar-refractivity contribution in [1.29, 1.82) is 0 Å². The van der Waals surface area contributed by atoms with Gasteiger partial charge >= 0.3 is 0 Å². The molecule has 9 nitrogen and oxygen atoms in total. The number of hydrogen-bond acceptors (Lipinski definition) is 8. The van der Waals surface area contributed by atoms with Gasteiger partial charge in [0.15, 0.2) is 11.3 Å². The number of anilines is 2. The predicted molar refractivity (Wildman–Crippen MR) is 127 cm³/mol. The van der Waals surface area contributed by atoms with Crippen LogP contribution in [0.25, 0.3) is 11.0 Å². The van der Waals surface area contributed by atoms with E-state index in [0.29, 0.717) is 23.4 Å². The summed E-state index contributed by atoms with van der Waals surface area (Å²) in [6, 6.07) is 6.45. The van der Waals surface area contributed by atoms with E-state index in [1.807, 2.05) is 10.9 Å². The topological polar surface area (TPSA) is 120 Å². The maximum Gasteiger partial charge on any atom is 0.222 e. The van der Waals surface area contributed by atoms with Crippen LogP contribution >= 0.6 is 0 Å². The summed E-state index contributed by atoms with van der Waals surface area (Å²) < 4.78 is 7.55. The highest BCUT2D eigenvalue weighted by Crippen LogP contribution is 2.25. The first-order valence-electron chi connectivity index (χ1n) is 11.5. The summed E-state index contributed by atoms with van der Waals surface area (Å²) in [6.07, 6.45) is 7.38. The van der Waals surface area contributed by atoms with Gasteiger partial charge in [-0.25, -0.2) is 4.98 Å². The van der Waals surface area contributed by atoms with Crippen LogP contribution in [-0.4, -0.2) is 51.0 Å². The lowest BCUT2D eigenvalue weighted by molar-refractivity contribution is 0.220. The number of methoxy groups -OCH3 is 1. The van der Waals surface area contributed by atoms with Gasteiger partial charge in [-0.15, -0.1) is 0 Å². The molecule has 1 aliphatic heterocycles. The van der Waals surface area contributed by atoms with E-state index in [0.717, 1.165) is 30.7 Å². The number of hydrogen-bond donors (Lipinski definition) is 3. The highest BCUT2D eigenvalue weighted by Gasteiger charge is 2.15. The Morgan fingerprint density at radius 3 is 2.72 bits per heavy atom. The van der Waals surface area contributed by atoms with Gasteiger partial charge in [0.2, 0.25) is 5.95 Å². The maximum atomic E-state index is 6.14. The highest BCUT2D eigenvalue weighted by atomic mass is 16.5. The van der Waals surface area contributed by atoms with Crippen molar-refractivity contribution < 1.29 is 4.74 Å². The lowest BCUT2D eigenvalue weighted by Crippen LogP contribution is -2.29. The zero-order valence-electron chi connectivity index (χ0n) is 19.0. The van der Waals surface area contributed by atoms with Crippen LogP contribution in [0.4, 0.5) is 11.8 Å². The first-order valence-corrected chi connectivity index (χ1v) is 11.5. The molecule has 0 radical (unpaired) electrons. The number of aromatic nitrogens is 4. The summed E-state index contributed by atoms with van der Waals surface area (Å²) in [5.74, 6) is 1.63. The van der Waals surface area contributed by atoms with E-state index in [1.54, 1.807) is 7.11 Å². The van der Waals surface area contributed by atoms with Crippen LogP contribution in [0.1, 0.15) is 50.2 Å². The predicted octanol–water partition coefficient (Wildman–Crippen LogP) is 2.95. The summed E-state index contributed by atoms with van der Waals surface area (Å²) in [5.41, 5.74) is 15.7. The number of nitrogen functional groups attached to an aromatic ring is 1. The number of benzene rings is 1. The Labute approximate surface area is 189 Å². The fourth-order valence-electron chi connectivity index (χ4n) is 4.29. The molecule has 5 N–H and O–H groups in total. The van der Waals surface area contributed by atoms with Crippen LogP contribution in [0.3, 0.4) is 0 Å². The van der Waals surface area contributed by atoms with Gasteiger partial charge in [-0.1, -0.05) is 31.9 Å². The molecule has 0 aliphatic carbocycles. The maximum absolute atomic E-state index is 6.14. The zero-order chi connectivity index (χ0) is 22.5. The second-order valence-corrected chi connectivity index (χ2v) is 8.51. The number of piperidine rings is 1. The lowest BCUT2D eigenvalue weighted by atomic mass is 10.1. The van der Waals surface area contributed by atoms with Gasteiger partial charge in [-0.3, -0.25) is 9.58 Å². The van der Waals surface area contributed by atoms with E-state index in [1.165, 1.54) is 37.9 Å². The molecular formula is C23H34N8O. The highest BCUT2D eigenvalue weighted by molar-refractivity contribution is 5.85. The minimum atomic E-state index is -0.213. The third-order valence-corrected chi connectivity index (χ3v) is 5.89. The SMILES string of the molecule is CCCC(N)Nc1nc(N)nc2cn(Cc3ccc(CN4CCCCC4)cc3OC)nc12. The summed E-state index contributed by atoms with van der Waals surface area (Å²) in [7, 11) is 1.71. The van der Waals surface area contributed by atoms with Gasteiger partial charge in [0, 0.05) is 12.1 Å². The molecule has 0 bridgehead atoms. The monoisotopic (exact) mass is 438 g/mol. The van der Waals surface area contributed by atoms with Crippen LogP contribution in [0.15, 0.2) is 24.4 Å². The Hall–Kier alpha value is -2.91. The number of nitrogens with zero attached hydrogens (tertiary/aromatic N) is 5. The minimum Gasteiger partial charge on any atom is -0.496 e. The van der Waals surface area contributed by atoms with Gasteiger partial charge in [0.25, 0.3) is 0 Å². The van der Waals surface area contributed by atoms with Gasteiger partial charge < -0.3 is 21.5 Å². The van der Waals surface area contributed by atoms with Crippen molar-refractivity contribution in [3.8, 4) is 5.75 Å². The molecule has 1 atom stereocenters. The standard InChI is InChI=1S/C23H34N8O/c1-3-7-20(24)27-22-21-18(26-23(25)28-22)15-31(29-21)14-17-9-8-16(12-19(17)32-2)13-30-10-5-4-6-11-30/h8-9,12,15,20H,3-7,10-11,13-14,24H2,1-2H3,(H3,25,26,27,28). The number of fused-ring (bicyclic) bond motifs is 1. The molecule has 3 aromatic rings. The first kappa shape index (κ1) is 22.3. The van der Waals surface area contributed by atoms with E-state index in [2.05, 4.69) is 45.3 Å². The van der Waals surface area contributed by atoms with Crippen molar-refractivity contribution in [1.82, 2.24) is 24.6 Å². The third kappa shape index (κ3) is 5.28. The van der Waals surface area contributed by atoms with Gasteiger partial charge in [0.1, 0.15) is 11.3 Å². The van der Waals surface area contributed by atoms with E-state index in [4.69, 9.17) is 21.3 Å². The number of nitrogens with two attached hydrogens (primary N) is 2. The molecule has 0 amide bonds. The van der Waals surface area contributed by atoms with E-state index in [9.17, 15) is 0 Å². The number of nitrogens with one attached hydrogen (secondary N) is 1. The summed E-state index contributed by atoms with van der Waals surface area (Å²) in [5, 5.41) is 7.92. The van der Waals surface area contributed by atoms with E-state index < -0.39 is 0 Å². The van der Waals surface area contributed by atoms with Crippen molar-refractivity contribution in [3.63, 3.8) is 0 Å². The normalized spacial score (nSPS) is 15.7. The molecular weight excluding hydrogens is 404 g/mol. The third-order valence-electron chi connectivity index (χ3n) is 5.89. The Bertz CT molecular complexity index is 1040. The Morgan fingerprint density at radius 1 is 1.16 bits per heavy atom. The largest absolute Gasteiger partial charge is 0.496 e. The van der Waals surface area contributed by atoms with Crippen molar-refractivity contribution in [3.05, 3.63) is 35.5 Å². The fourth-order valence-corrected chi connectivity index (χ4v) is 4.29. The Kier molecular flexibility index (Phi) is 7.06. The zero-order valence-corrected chi connectivity index (χ0v) is 19.0. The lowest BCUT2D eigenvalue weighted by Gasteiger charge is -2.26. The number of ether oxygens (including phenoxy) is 1. The van der Waals surface area contributed by atoms with Crippen LogP contribution in [0.5, 0.6) is 5.75 Å². The van der Waals surface area contributed by atoms with Crippen LogP contribution in [0.2, 0.25) is 0 Å². The minimum absolute atomic E-state index is 0.197. The molecule has 0 spiro atoms. The average Bonchev–Trinajstić information content (AvgIpc) is 3.18. The molecule has 9 heteroatoms. The second kappa shape index (κ2) is 10.1. The van der Waals surface area contributed by atoms with E-state index in [-0.39, 0.29) is 12.1 Å². The van der Waals surface area contributed by atoms with Crippen LogP contribution < -0.4 is 21.5 Å². The average molecular weight is 439 g/mol. The molecule has 1 fully saturated rings. The molecule has 2 aromatic heterocycles.